The smallest absolute Gasteiger partial charge is 0.410 e. The number of rotatable bonds is 3. The van der Waals surface area contributed by atoms with Crippen molar-refractivity contribution in [2.45, 2.75) is 45.1 Å². The van der Waals surface area contributed by atoms with Crippen LogP contribution < -0.4 is 0 Å². The Labute approximate surface area is 146 Å². The number of carbonyl (C=O) groups is 2. The minimum absolute atomic E-state index is 0.131. The highest BCUT2D eigenvalue weighted by molar-refractivity contribution is 6.29. The minimum atomic E-state index is -0.956. The number of piperidine rings is 1. The maximum atomic E-state index is 12.1. The highest BCUT2D eigenvalue weighted by atomic mass is 35.5. The van der Waals surface area contributed by atoms with Crippen molar-refractivity contribution in [2.24, 2.45) is 5.92 Å². The van der Waals surface area contributed by atoms with Gasteiger partial charge in [0.05, 0.1) is 11.9 Å². The van der Waals surface area contributed by atoms with E-state index >= 15 is 0 Å². The van der Waals surface area contributed by atoms with Crippen molar-refractivity contribution in [2.75, 3.05) is 13.1 Å². The van der Waals surface area contributed by atoms with Crippen LogP contribution in [0, 0.1) is 5.92 Å². The molecule has 0 aromatic carbocycles. The number of halogens is 1. The first-order valence-electron chi connectivity index (χ1n) is 7.85. The summed E-state index contributed by atoms with van der Waals surface area (Å²) in [5, 5.41) is 9.75. The van der Waals surface area contributed by atoms with Gasteiger partial charge < -0.3 is 14.7 Å². The van der Waals surface area contributed by atoms with Gasteiger partial charge in [-0.3, -0.25) is 9.78 Å². The van der Waals surface area contributed by atoms with Crippen molar-refractivity contribution >= 4 is 23.7 Å². The zero-order chi connectivity index (χ0) is 17.9. The molecule has 0 radical (unpaired) electrons. The molecule has 1 aromatic heterocycles. The SMILES string of the molecule is CC(C)(C)OC(=O)N1CCC([C@@H](C(=O)O)c2cncc(Cl)n2)CC1. The molecule has 0 bridgehead atoms. The van der Waals surface area contributed by atoms with E-state index in [-0.39, 0.29) is 17.2 Å². The Morgan fingerprint density at radius 3 is 2.46 bits per heavy atom. The Hall–Kier alpha value is -1.89. The Morgan fingerprint density at radius 2 is 1.96 bits per heavy atom. The number of carbonyl (C=O) groups excluding carboxylic acids is 1. The number of nitrogens with zero attached hydrogens (tertiary/aromatic N) is 3. The Bertz CT molecular complexity index is 610. The summed E-state index contributed by atoms with van der Waals surface area (Å²) in [5.41, 5.74) is -0.195. The topological polar surface area (TPSA) is 92.6 Å². The van der Waals surface area contributed by atoms with Crippen LogP contribution in [-0.2, 0) is 9.53 Å². The van der Waals surface area contributed by atoms with E-state index in [9.17, 15) is 14.7 Å². The number of hydrogen-bond acceptors (Lipinski definition) is 5. The quantitative estimate of drug-likeness (QED) is 0.896. The second-order valence-corrected chi connectivity index (χ2v) is 7.27. The summed E-state index contributed by atoms with van der Waals surface area (Å²) in [4.78, 5) is 33.4. The third-order valence-electron chi connectivity index (χ3n) is 3.87. The minimum Gasteiger partial charge on any atom is -0.481 e. The van der Waals surface area contributed by atoms with Gasteiger partial charge in [0, 0.05) is 19.3 Å². The van der Waals surface area contributed by atoms with E-state index in [0.29, 0.717) is 31.6 Å². The number of aromatic nitrogens is 2. The van der Waals surface area contributed by atoms with Crippen molar-refractivity contribution in [3.8, 4) is 0 Å². The van der Waals surface area contributed by atoms with E-state index < -0.39 is 17.5 Å². The summed E-state index contributed by atoms with van der Waals surface area (Å²) in [6, 6.07) is 0. The molecule has 0 spiro atoms. The lowest BCUT2D eigenvalue weighted by Gasteiger charge is -2.35. The summed E-state index contributed by atoms with van der Waals surface area (Å²) in [6.07, 6.45) is 3.56. The van der Waals surface area contributed by atoms with E-state index in [1.54, 1.807) is 4.90 Å². The second kappa shape index (κ2) is 7.34. The summed E-state index contributed by atoms with van der Waals surface area (Å²) in [5.74, 6) is -1.87. The van der Waals surface area contributed by atoms with Gasteiger partial charge in [-0.05, 0) is 39.5 Å². The molecule has 1 N–H and O–H groups in total. The predicted molar refractivity (Wildman–Crippen MR) is 87.9 cm³/mol. The fourth-order valence-corrected chi connectivity index (χ4v) is 2.97. The summed E-state index contributed by atoms with van der Waals surface area (Å²) < 4.78 is 5.35. The third kappa shape index (κ3) is 4.80. The molecule has 24 heavy (non-hydrogen) atoms. The van der Waals surface area contributed by atoms with E-state index in [0.717, 1.165) is 0 Å². The normalized spacial score (nSPS) is 17.4. The molecule has 0 unspecified atom stereocenters. The lowest BCUT2D eigenvalue weighted by molar-refractivity contribution is -0.140. The average Bonchev–Trinajstić information content (AvgIpc) is 2.46. The van der Waals surface area contributed by atoms with Crippen LogP contribution in [0.5, 0.6) is 0 Å². The monoisotopic (exact) mass is 355 g/mol. The molecule has 2 rings (SSSR count). The molecule has 1 saturated heterocycles. The van der Waals surface area contributed by atoms with Crippen molar-refractivity contribution < 1.29 is 19.4 Å². The second-order valence-electron chi connectivity index (χ2n) is 6.89. The first kappa shape index (κ1) is 18.4. The largest absolute Gasteiger partial charge is 0.481 e. The van der Waals surface area contributed by atoms with Gasteiger partial charge in [0.2, 0.25) is 0 Å². The molecule has 0 aliphatic carbocycles. The van der Waals surface area contributed by atoms with Gasteiger partial charge in [0.25, 0.3) is 0 Å². The Balaban J connectivity index is 2.04. The van der Waals surface area contributed by atoms with Crippen LogP contribution in [0.15, 0.2) is 12.4 Å². The molecule has 1 amide bonds. The molecular formula is C16H22ClN3O4. The maximum Gasteiger partial charge on any atom is 0.410 e. The van der Waals surface area contributed by atoms with Crippen molar-refractivity contribution in [1.29, 1.82) is 0 Å². The van der Waals surface area contributed by atoms with E-state index in [2.05, 4.69) is 9.97 Å². The lowest BCUT2D eigenvalue weighted by Crippen LogP contribution is -2.43. The molecule has 1 aromatic rings. The van der Waals surface area contributed by atoms with Crippen LogP contribution in [0.25, 0.3) is 0 Å². The zero-order valence-corrected chi connectivity index (χ0v) is 14.8. The first-order chi connectivity index (χ1) is 11.2. The highest BCUT2D eigenvalue weighted by Gasteiger charge is 2.36. The third-order valence-corrected chi connectivity index (χ3v) is 4.05. The summed E-state index contributed by atoms with van der Waals surface area (Å²) in [6.45, 7) is 6.36. The number of likely N-dealkylation sites (tertiary alicyclic amines) is 1. The fraction of sp³-hybridized carbons (Fsp3) is 0.625. The fourth-order valence-electron chi connectivity index (χ4n) is 2.82. The number of carboxylic acids is 1. The van der Waals surface area contributed by atoms with Crippen molar-refractivity contribution in [3.05, 3.63) is 23.2 Å². The molecule has 7 nitrogen and oxygen atoms in total. The number of aliphatic carboxylic acids is 1. The van der Waals surface area contributed by atoms with Crippen LogP contribution in [0.4, 0.5) is 4.79 Å². The zero-order valence-electron chi connectivity index (χ0n) is 14.0. The molecule has 2 heterocycles. The van der Waals surface area contributed by atoms with E-state index in [4.69, 9.17) is 16.3 Å². The van der Waals surface area contributed by atoms with Gasteiger partial charge in [-0.2, -0.15) is 0 Å². The van der Waals surface area contributed by atoms with Gasteiger partial charge in [-0.25, -0.2) is 9.78 Å². The summed E-state index contributed by atoms with van der Waals surface area (Å²) in [7, 11) is 0. The molecule has 132 valence electrons. The molecule has 1 fully saturated rings. The predicted octanol–water partition coefficient (Wildman–Crippen LogP) is 2.95. The standard InChI is InChI=1S/C16H22ClN3O4/c1-16(2,3)24-15(23)20-6-4-10(5-7-20)13(14(21)22)11-8-18-9-12(17)19-11/h8-10,13H,4-7H2,1-3H3,(H,21,22)/t13-/m1/s1. The van der Waals surface area contributed by atoms with E-state index in [1.807, 2.05) is 20.8 Å². The van der Waals surface area contributed by atoms with Crippen LogP contribution >= 0.6 is 11.6 Å². The van der Waals surface area contributed by atoms with Gasteiger partial charge in [0.15, 0.2) is 0 Å². The first-order valence-corrected chi connectivity index (χ1v) is 8.23. The molecular weight excluding hydrogens is 334 g/mol. The number of hydrogen-bond donors (Lipinski definition) is 1. The van der Waals surface area contributed by atoms with Crippen LogP contribution in [0.2, 0.25) is 5.15 Å². The Kier molecular flexibility index (Phi) is 5.64. The molecule has 0 saturated carbocycles. The summed E-state index contributed by atoms with van der Waals surface area (Å²) >= 11 is 5.82. The van der Waals surface area contributed by atoms with Gasteiger partial charge in [0.1, 0.15) is 16.7 Å². The van der Waals surface area contributed by atoms with Gasteiger partial charge in [-0.1, -0.05) is 11.6 Å². The Morgan fingerprint density at radius 1 is 1.33 bits per heavy atom. The highest BCUT2D eigenvalue weighted by Crippen LogP contribution is 2.32. The van der Waals surface area contributed by atoms with Crippen LogP contribution in [-0.4, -0.2) is 50.7 Å². The number of carboxylic acid groups (broad SMARTS) is 1. The number of amides is 1. The van der Waals surface area contributed by atoms with Gasteiger partial charge in [-0.15, -0.1) is 0 Å². The van der Waals surface area contributed by atoms with E-state index in [1.165, 1.54) is 12.4 Å². The average molecular weight is 356 g/mol. The van der Waals surface area contributed by atoms with Crippen LogP contribution in [0.1, 0.15) is 45.2 Å². The van der Waals surface area contributed by atoms with Crippen molar-refractivity contribution in [3.63, 3.8) is 0 Å². The number of ether oxygens (including phenoxy) is 1. The van der Waals surface area contributed by atoms with Crippen molar-refractivity contribution in [1.82, 2.24) is 14.9 Å². The maximum absolute atomic E-state index is 12.1. The molecule has 1 aliphatic rings. The van der Waals surface area contributed by atoms with Crippen LogP contribution in [0.3, 0.4) is 0 Å². The van der Waals surface area contributed by atoms with Gasteiger partial charge >= 0.3 is 12.1 Å². The molecule has 1 aliphatic heterocycles. The lowest BCUT2D eigenvalue weighted by atomic mass is 9.82. The molecule has 1 atom stereocenters. The molecule has 8 heteroatoms.